The number of carbonyl (C=O) groups excluding carboxylic acids is 1. The van der Waals surface area contributed by atoms with Crippen molar-refractivity contribution in [3.05, 3.63) is 42.2 Å². The van der Waals surface area contributed by atoms with E-state index >= 15 is 0 Å². The van der Waals surface area contributed by atoms with Gasteiger partial charge in [0.1, 0.15) is 11.2 Å². The van der Waals surface area contributed by atoms with E-state index in [0.717, 1.165) is 10.8 Å². The molecule has 0 unspecified atom stereocenters. The van der Waals surface area contributed by atoms with Gasteiger partial charge in [-0.05, 0) is 25.3 Å². The van der Waals surface area contributed by atoms with Gasteiger partial charge in [-0.25, -0.2) is 0 Å². The Morgan fingerprint density at radius 1 is 1.33 bits per heavy atom. The van der Waals surface area contributed by atoms with E-state index in [0.29, 0.717) is 5.69 Å². The lowest BCUT2D eigenvalue weighted by Gasteiger charge is -2.17. The average molecular weight is 239 g/mol. The summed E-state index contributed by atoms with van der Waals surface area (Å²) in [6, 6.07) is 11.4. The van der Waals surface area contributed by atoms with Crippen molar-refractivity contribution in [2.45, 2.75) is 19.4 Å². The molecule has 0 aliphatic heterocycles. The number of benzene rings is 1. The Morgan fingerprint density at radius 2 is 2.06 bits per heavy atom. The maximum absolute atomic E-state index is 12.1. The van der Waals surface area contributed by atoms with Gasteiger partial charge >= 0.3 is 0 Å². The highest BCUT2D eigenvalue weighted by Crippen LogP contribution is 2.16. The zero-order valence-corrected chi connectivity index (χ0v) is 10.3. The van der Waals surface area contributed by atoms with Crippen molar-refractivity contribution in [3.8, 4) is 6.07 Å². The van der Waals surface area contributed by atoms with Crippen LogP contribution in [0.5, 0.6) is 0 Å². The molecule has 0 fully saturated rings. The molecular weight excluding hydrogens is 226 g/mol. The fraction of sp³-hybridized carbons (Fsp3) is 0.214. The fourth-order valence-electron chi connectivity index (χ4n) is 1.67. The minimum atomic E-state index is -0.907. The van der Waals surface area contributed by atoms with Crippen LogP contribution in [0.4, 0.5) is 0 Å². The van der Waals surface area contributed by atoms with Gasteiger partial charge in [0.2, 0.25) is 0 Å². The topological polar surface area (TPSA) is 65.8 Å². The van der Waals surface area contributed by atoms with Crippen LogP contribution in [0.2, 0.25) is 0 Å². The van der Waals surface area contributed by atoms with E-state index in [1.54, 1.807) is 20.0 Å². The molecule has 4 nitrogen and oxygen atoms in total. The van der Waals surface area contributed by atoms with Crippen molar-refractivity contribution < 1.29 is 4.79 Å². The van der Waals surface area contributed by atoms with Crippen molar-refractivity contribution in [2.75, 3.05) is 0 Å². The molecular formula is C14H13N3O. The van der Waals surface area contributed by atoms with E-state index in [4.69, 9.17) is 5.26 Å². The van der Waals surface area contributed by atoms with E-state index in [2.05, 4.69) is 10.3 Å². The van der Waals surface area contributed by atoms with Crippen LogP contribution < -0.4 is 5.32 Å². The van der Waals surface area contributed by atoms with Gasteiger partial charge in [0, 0.05) is 11.6 Å². The molecule has 1 amide bonds. The van der Waals surface area contributed by atoms with Crippen LogP contribution in [0.25, 0.3) is 10.8 Å². The number of nitrogens with one attached hydrogen (secondary N) is 1. The number of nitriles is 1. The zero-order chi connectivity index (χ0) is 13.2. The third-order valence-corrected chi connectivity index (χ3v) is 2.59. The van der Waals surface area contributed by atoms with Gasteiger partial charge < -0.3 is 5.32 Å². The summed E-state index contributed by atoms with van der Waals surface area (Å²) in [4.78, 5) is 16.2. The zero-order valence-electron chi connectivity index (χ0n) is 10.3. The van der Waals surface area contributed by atoms with E-state index in [9.17, 15) is 4.79 Å². The van der Waals surface area contributed by atoms with Crippen molar-refractivity contribution in [2.24, 2.45) is 0 Å². The first-order chi connectivity index (χ1) is 8.53. The molecule has 1 N–H and O–H groups in total. The van der Waals surface area contributed by atoms with Gasteiger partial charge in [0.05, 0.1) is 6.07 Å². The molecule has 2 rings (SSSR count). The first-order valence-corrected chi connectivity index (χ1v) is 5.61. The molecule has 0 saturated carbocycles. The fourth-order valence-corrected chi connectivity index (χ4v) is 1.67. The van der Waals surface area contributed by atoms with E-state index in [-0.39, 0.29) is 5.91 Å². The highest BCUT2D eigenvalue weighted by molar-refractivity contribution is 6.05. The minimum absolute atomic E-state index is 0.335. The monoisotopic (exact) mass is 239 g/mol. The number of carbonyl (C=O) groups is 1. The molecule has 0 spiro atoms. The van der Waals surface area contributed by atoms with E-state index in [1.165, 1.54) is 0 Å². The van der Waals surface area contributed by atoms with Crippen LogP contribution in [0.1, 0.15) is 24.3 Å². The van der Waals surface area contributed by atoms with Gasteiger partial charge in [0.25, 0.3) is 5.91 Å². The number of hydrogen-bond donors (Lipinski definition) is 1. The van der Waals surface area contributed by atoms with Gasteiger partial charge in [-0.15, -0.1) is 0 Å². The maximum Gasteiger partial charge on any atom is 0.271 e. The second-order valence-corrected chi connectivity index (χ2v) is 4.57. The molecule has 0 bridgehead atoms. The van der Waals surface area contributed by atoms with E-state index in [1.807, 2.05) is 36.4 Å². The lowest BCUT2D eigenvalue weighted by Crippen LogP contribution is -2.42. The summed E-state index contributed by atoms with van der Waals surface area (Å²) in [6.45, 7) is 3.30. The Bertz CT molecular complexity index is 636. The molecule has 4 heteroatoms. The molecule has 0 radical (unpaired) electrons. The molecule has 0 aliphatic rings. The summed E-state index contributed by atoms with van der Waals surface area (Å²) in [7, 11) is 0. The smallest absolute Gasteiger partial charge is 0.271 e. The number of fused-ring (bicyclic) bond motifs is 1. The molecule has 0 saturated heterocycles. The van der Waals surface area contributed by atoms with Crippen molar-refractivity contribution >= 4 is 16.7 Å². The number of hydrogen-bond acceptors (Lipinski definition) is 3. The third kappa shape index (κ3) is 2.30. The summed E-state index contributed by atoms with van der Waals surface area (Å²) in [5, 5.41) is 13.3. The second-order valence-electron chi connectivity index (χ2n) is 4.57. The first kappa shape index (κ1) is 12.1. The van der Waals surface area contributed by atoms with Crippen LogP contribution in [-0.4, -0.2) is 16.4 Å². The SMILES string of the molecule is CC(C)(C#N)NC(=O)c1nccc2ccccc12. The van der Waals surface area contributed by atoms with Gasteiger partial charge in [-0.1, -0.05) is 24.3 Å². The van der Waals surface area contributed by atoms with Crippen molar-refractivity contribution in [1.29, 1.82) is 5.26 Å². The molecule has 0 atom stereocenters. The lowest BCUT2D eigenvalue weighted by molar-refractivity contribution is 0.0926. The average Bonchev–Trinajstić information content (AvgIpc) is 2.37. The van der Waals surface area contributed by atoms with Gasteiger partial charge in [-0.3, -0.25) is 9.78 Å². The molecule has 1 heterocycles. The number of rotatable bonds is 2. The highest BCUT2D eigenvalue weighted by Gasteiger charge is 2.22. The quantitative estimate of drug-likeness (QED) is 0.874. The Balaban J connectivity index is 2.43. The first-order valence-electron chi connectivity index (χ1n) is 5.61. The lowest BCUT2D eigenvalue weighted by atomic mass is 10.1. The number of amides is 1. The van der Waals surface area contributed by atoms with Crippen molar-refractivity contribution in [1.82, 2.24) is 10.3 Å². The summed E-state index contributed by atoms with van der Waals surface area (Å²) in [6.07, 6.45) is 1.59. The Labute approximate surface area is 105 Å². The molecule has 0 aliphatic carbocycles. The second kappa shape index (κ2) is 4.46. The van der Waals surface area contributed by atoms with Gasteiger partial charge in [0.15, 0.2) is 0 Å². The molecule has 1 aromatic heterocycles. The minimum Gasteiger partial charge on any atom is -0.333 e. The van der Waals surface area contributed by atoms with E-state index < -0.39 is 5.54 Å². The number of nitrogens with zero attached hydrogens (tertiary/aromatic N) is 2. The summed E-state index contributed by atoms with van der Waals surface area (Å²) in [5.74, 6) is -0.335. The predicted molar refractivity (Wildman–Crippen MR) is 68.9 cm³/mol. The molecule has 90 valence electrons. The summed E-state index contributed by atoms with van der Waals surface area (Å²) >= 11 is 0. The predicted octanol–water partition coefficient (Wildman–Crippen LogP) is 2.27. The molecule has 2 aromatic rings. The Morgan fingerprint density at radius 3 is 2.78 bits per heavy atom. The Hall–Kier alpha value is -2.41. The maximum atomic E-state index is 12.1. The number of aromatic nitrogens is 1. The Kier molecular flexibility index (Phi) is 2.99. The number of pyridine rings is 1. The van der Waals surface area contributed by atoms with Gasteiger partial charge in [-0.2, -0.15) is 5.26 Å². The van der Waals surface area contributed by atoms with Crippen LogP contribution in [-0.2, 0) is 0 Å². The van der Waals surface area contributed by atoms with Crippen LogP contribution in [0.15, 0.2) is 36.5 Å². The van der Waals surface area contributed by atoms with Crippen LogP contribution in [0.3, 0.4) is 0 Å². The standard InChI is InChI=1S/C14H13N3O/c1-14(2,9-15)17-13(18)12-11-6-4-3-5-10(11)7-8-16-12/h3-8H,1-2H3,(H,17,18). The summed E-state index contributed by atoms with van der Waals surface area (Å²) in [5.41, 5.74) is -0.563. The van der Waals surface area contributed by atoms with Crippen LogP contribution >= 0.6 is 0 Å². The largest absolute Gasteiger partial charge is 0.333 e. The van der Waals surface area contributed by atoms with Crippen molar-refractivity contribution in [3.63, 3.8) is 0 Å². The highest BCUT2D eigenvalue weighted by atomic mass is 16.2. The molecule has 1 aromatic carbocycles. The van der Waals surface area contributed by atoms with Crippen LogP contribution in [0, 0.1) is 11.3 Å². The normalized spacial score (nSPS) is 10.9. The third-order valence-electron chi connectivity index (χ3n) is 2.59. The summed E-state index contributed by atoms with van der Waals surface area (Å²) < 4.78 is 0. The molecule has 18 heavy (non-hydrogen) atoms.